The molecule has 0 aromatic heterocycles. The second-order valence-electron chi connectivity index (χ2n) is 6.83. The molecule has 104 valence electrons. The van der Waals surface area contributed by atoms with Gasteiger partial charge in [0.15, 0.2) is 0 Å². The van der Waals surface area contributed by atoms with E-state index in [1.165, 1.54) is 19.3 Å². The van der Waals surface area contributed by atoms with Gasteiger partial charge in [0.1, 0.15) is 0 Å². The Kier molecular flexibility index (Phi) is 2.91. The maximum Gasteiger partial charge on any atom is 0.331 e. The summed E-state index contributed by atoms with van der Waals surface area (Å²) in [6.45, 7) is 0. The minimum Gasteiger partial charge on any atom is -0.481 e. The molecule has 0 amide bonds. The average Bonchev–Trinajstić information content (AvgIpc) is 2.24. The van der Waals surface area contributed by atoms with E-state index in [1.807, 2.05) is 6.08 Å². The van der Waals surface area contributed by atoms with Crippen LogP contribution in [0.2, 0.25) is 0 Å². The SMILES string of the molecule is O=C(O)CC(=CC12CC3CC(CC(C3)C1)C2)C(=O)O. The molecule has 0 aliphatic heterocycles. The predicted octanol–water partition coefficient (Wildman–Crippen LogP) is 2.69. The van der Waals surface area contributed by atoms with Crippen molar-refractivity contribution >= 4 is 11.9 Å². The van der Waals surface area contributed by atoms with Crippen LogP contribution in [0.3, 0.4) is 0 Å². The number of hydrogen-bond donors (Lipinski definition) is 2. The normalized spacial score (nSPS) is 40.4. The van der Waals surface area contributed by atoms with Crippen molar-refractivity contribution in [1.29, 1.82) is 0 Å². The molecule has 0 atom stereocenters. The first-order valence-electron chi connectivity index (χ1n) is 7.12. The zero-order valence-electron chi connectivity index (χ0n) is 11.0. The van der Waals surface area contributed by atoms with Crippen LogP contribution >= 0.6 is 0 Å². The smallest absolute Gasteiger partial charge is 0.331 e. The fourth-order valence-corrected chi connectivity index (χ4v) is 5.08. The lowest BCUT2D eigenvalue weighted by molar-refractivity contribution is -0.139. The van der Waals surface area contributed by atoms with E-state index in [9.17, 15) is 14.7 Å². The highest BCUT2D eigenvalue weighted by Gasteiger charge is 2.50. The van der Waals surface area contributed by atoms with E-state index >= 15 is 0 Å². The van der Waals surface area contributed by atoms with Crippen molar-refractivity contribution in [2.24, 2.45) is 23.2 Å². The molecule has 2 N–H and O–H groups in total. The van der Waals surface area contributed by atoms with Gasteiger partial charge in [-0.1, -0.05) is 6.08 Å². The van der Waals surface area contributed by atoms with Crippen LogP contribution in [0.4, 0.5) is 0 Å². The Bertz CT molecular complexity index is 414. The van der Waals surface area contributed by atoms with Gasteiger partial charge in [-0.15, -0.1) is 0 Å². The Morgan fingerprint density at radius 1 is 1.00 bits per heavy atom. The predicted molar refractivity (Wildman–Crippen MR) is 68.6 cm³/mol. The second kappa shape index (κ2) is 4.36. The lowest BCUT2D eigenvalue weighted by Gasteiger charge is -2.56. The molecule has 4 aliphatic carbocycles. The van der Waals surface area contributed by atoms with Gasteiger partial charge in [-0.25, -0.2) is 4.79 Å². The van der Waals surface area contributed by atoms with Crippen molar-refractivity contribution in [3.8, 4) is 0 Å². The Labute approximate surface area is 112 Å². The summed E-state index contributed by atoms with van der Waals surface area (Å²) in [4.78, 5) is 22.0. The third-order valence-electron chi connectivity index (χ3n) is 5.18. The highest BCUT2D eigenvalue weighted by atomic mass is 16.4. The maximum absolute atomic E-state index is 11.2. The molecule has 4 saturated carbocycles. The number of hydrogen-bond acceptors (Lipinski definition) is 2. The molecular weight excluding hydrogens is 244 g/mol. The summed E-state index contributed by atoms with van der Waals surface area (Å²) in [7, 11) is 0. The number of carboxylic acids is 2. The first-order valence-corrected chi connectivity index (χ1v) is 7.12. The van der Waals surface area contributed by atoms with Crippen molar-refractivity contribution in [3.63, 3.8) is 0 Å². The summed E-state index contributed by atoms with van der Waals surface area (Å²) in [5.74, 6) is 0.0867. The van der Waals surface area contributed by atoms with Crippen LogP contribution in [-0.2, 0) is 9.59 Å². The second-order valence-corrected chi connectivity index (χ2v) is 6.83. The van der Waals surface area contributed by atoms with E-state index in [4.69, 9.17) is 5.11 Å². The third kappa shape index (κ3) is 2.40. The van der Waals surface area contributed by atoms with Gasteiger partial charge < -0.3 is 10.2 Å². The van der Waals surface area contributed by atoms with Crippen LogP contribution in [-0.4, -0.2) is 22.2 Å². The van der Waals surface area contributed by atoms with E-state index < -0.39 is 11.9 Å². The van der Waals surface area contributed by atoms with Gasteiger partial charge in [-0.3, -0.25) is 4.79 Å². The summed E-state index contributed by atoms with van der Waals surface area (Å²) >= 11 is 0. The van der Waals surface area contributed by atoms with E-state index in [0.29, 0.717) is 0 Å². The summed E-state index contributed by atoms with van der Waals surface area (Å²) < 4.78 is 0. The number of carbonyl (C=O) groups is 2. The van der Waals surface area contributed by atoms with Gasteiger partial charge in [0, 0.05) is 5.57 Å². The van der Waals surface area contributed by atoms with Crippen molar-refractivity contribution in [2.45, 2.75) is 44.9 Å². The number of carboxylic acid groups (broad SMARTS) is 2. The fraction of sp³-hybridized carbons (Fsp3) is 0.733. The molecule has 19 heavy (non-hydrogen) atoms. The van der Waals surface area contributed by atoms with Gasteiger partial charge in [0.2, 0.25) is 0 Å². The monoisotopic (exact) mass is 264 g/mol. The van der Waals surface area contributed by atoms with Crippen LogP contribution in [0.1, 0.15) is 44.9 Å². The quantitative estimate of drug-likeness (QED) is 0.765. The molecule has 0 saturated heterocycles. The zero-order valence-corrected chi connectivity index (χ0v) is 11.0. The van der Waals surface area contributed by atoms with E-state index in [2.05, 4.69) is 0 Å². The van der Waals surface area contributed by atoms with Gasteiger partial charge in [-0.2, -0.15) is 0 Å². The Balaban J connectivity index is 1.87. The molecule has 4 aliphatic rings. The van der Waals surface area contributed by atoms with Crippen LogP contribution in [0, 0.1) is 23.2 Å². The molecular formula is C15H20O4. The zero-order chi connectivity index (χ0) is 13.6. The Morgan fingerprint density at radius 3 is 1.84 bits per heavy atom. The highest BCUT2D eigenvalue weighted by molar-refractivity contribution is 5.92. The van der Waals surface area contributed by atoms with Crippen molar-refractivity contribution < 1.29 is 19.8 Å². The van der Waals surface area contributed by atoms with Gasteiger partial charge in [0.25, 0.3) is 0 Å². The molecule has 0 heterocycles. The van der Waals surface area contributed by atoms with Gasteiger partial charge in [-0.05, 0) is 61.7 Å². The molecule has 4 heteroatoms. The molecule has 0 radical (unpaired) electrons. The first kappa shape index (κ1) is 12.7. The average molecular weight is 264 g/mol. The summed E-state index contributed by atoms with van der Waals surface area (Å²) in [5, 5.41) is 18.0. The Hall–Kier alpha value is -1.32. The fourth-order valence-electron chi connectivity index (χ4n) is 5.08. The van der Waals surface area contributed by atoms with Crippen LogP contribution in [0.15, 0.2) is 11.6 Å². The lowest BCUT2D eigenvalue weighted by atomic mass is 9.49. The van der Waals surface area contributed by atoms with Crippen LogP contribution in [0.5, 0.6) is 0 Å². The molecule has 4 nitrogen and oxygen atoms in total. The van der Waals surface area contributed by atoms with E-state index in [1.54, 1.807) is 0 Å². The van der Waals surface area contributed by atoms with Crippen LogP contribution in [0.25, 0.3) is 0 Å². The van der Waals surface area contributed by atoms with E-state index in [0.717, 1.165) is 37.0 Å². The minimum atomic E-state index is -1.07. The topological polar surface area (TPSA) is 74.6 Å². The largest absolute Gasteiger partial charge is 0.481 e. The summed E-state index contributed by atoms with van der Waals surface area (Å²) in [6, 6.07) is 0. The summed E-state index contributed by atoms with van der Waals surface area (Å²) in [5.41, 5.74) is 0.0622. The number of aliphatic carboxylic acids is 2. The van der Waals surface area contributed by atoms with Gasteiger partial charge >= 0.3 is 11.9 Å². The molecule has 0 spiro atoms. The third-order valence-corrected chi connectivity index (χ3v) is 5.18. The standard InChI is InChI=1S/C15H20O4/c16-13(17)4-12(14(18)19)8-15-5-9-1-10(6-15)3-11(2-9)7-15/h8-11H,1-7H2,(H,16,17)(H,18,19). The van der Waals surface area contributed by atoms with Crippen molar-refractivity contribution in [1.82, 2.24) is 0 Å². The van der Waals surface area contributed by atoms with Crippen molar-refractivity contribution in [2.75, 3.05) is 0 Å². The molecule has 0 aromatic rings. The van der Waals surface area contributed by atoms with Gasteiger partial charge in [0.05, 0.1) is 6.42 Å². The number of rotatable bonds is 4. The van der Waals surface area contributed by atoms with Crippen LogP contribution < -0.4 is 0 Å². The van der Waals surface area contributed by atoms with E-state index in [-0.39, 0.29) is 17.4 Å². The molecule has 4 fully saturated rings. The maximum atomic E-state index is 11.2. The molecule has 0 unspecified atom stereocenters. The minimum absolute atomic E-state index is 0.0159. The number of allylic oxidation sites excluding steroid dienone is 1. The lowest BCUT2D eigenvalue weighted by Crippen LogP contribution is -2.45. The van der Waals surface area contributed by atoms with Crippen molar-refractivity contribution in [3.05, 3.63) is 11.6 Å². The summed E-state index contributed by atoms with van der Waals surface area (Å²) in [6.07, 6.45) is 8.54. The first-order chi connectivity index (χ1) is 8.96. The highest BCUT2D eigenvalue weighted by Crippen LogP contribution is 2.60. The Morgan fingerprint density at radius 2 is 1.47 bits per heavy atom. The molecule has 4 rings (SSSR count). The molecule has 4 bridgehead atoms. The molecule has 0 aromatic carbocycles.